The lowest BCUT2D eigenvalue weighted by atomic mass is 10.0. The Balaban J connectivity index is 1.54. The standard InChI is InChI=1S/C17H23N5O/c1-12-8-19-22(10-12)14-4-3-7-21(11-14)17(23)15-9-18-20(2)16(15)13-5-6-13/h8-10,13-14H,3-7,11H2,1-2H3/t14-/m1/s1. The molecule has 0 aromatic carbocycles. The molecule has 6 heteroatoms. The van der Waals surface area contributed by atoms with Gasteiger partial charge in [0.2, 0.25) is 0 Å². The van der Waals surface area contributed by atoms with E-state index in [4.69, 9.17) is 0 Å². The molecule has 0 radical (unpaired) electrons. The van der Waals surface area contributed by atoms with Crippen LogP contribution in [0.5, 0.6) is 0 Å². The van der Waals surface area contributed by atoms with Crippen molar-refractivity contribution in [3.05, 3.63) is 35.4 Å². The van der Waals surface area contributed by atoms with Gasteiger partial charge >= 0.3 is 0 Å². The highest BCUT2D eigenvalue weighted by molar-refractivity contribution is 5.95. The molecule has 0 N–H and O–H groups in total. The van der Waals surface area contributed by atoms with Crippen LogP contribution in [0.3, 0.4) is 0 Å². The van der Waals surface area contributed by atoms with Gasteiger partial charge in [0.25, 0.3) is 5.91 Å². The van der Waals surface area contributed by atoms with E-state index in [-0.39, 0.29) is 11.9 Å². The summed E-state index contributed by atoms with van der Waals surface area (Å²) in [6, 6.07) is 0.280. The predicted molar refractivity (Wildman–Crippen MR) is 86.3 cm³/mol. The van der Waals surface area contributed by atoms with Crippen molar-refractivity contribution in [3.8, 4) is 0 Å². The van der Waals surface area contributed by atoms with E-state index in [1.54, 1.807) is 6.20 Å². The Bertz CT molecular complexity index is 727. The van der Waals surface area contributed by atoms with Crippen LogP contribution < -0.4 is 0 Å². The first kappa shape index (κ1) is 14.5. The van der Waals surface area contributed by atoms with Crippen LogP contribution >= 0.6 is 0 Å². The Labute approximate surface area is 136 Å². The van der Waals surface area contributed by atoms with Crippen LogP contribution in [-0.2, 0) is 7.05 Å². The van der Waals surface area contributed by atoms with Gasteiger partial charge in [0, 0.05) is 32.3 Å². The number of aromatic nitrogens is 4. The summed E-state index contributed by atoms with van der Waals surface area (Å²) in [5, 5.41) is 8.75. The SMILES string of the molecule is Cc1cnn([C@@H]2CCCN(C(=O)c3cnn(C)c3C3CC3)C2)c1. The quantitative estimate of drug-likeness (QED) is 0.873. The van der Waals surface area contributed by atoms with E-state index in [1.807, 2.05) is 34.4 Å². The lowest BCUT2D eigenvalue weighted by molar-refractivity contribution is 0.0671. The molecule has 1 saturated carbocycles. The topological polar surface area (TPSA) is 56.0 Å². The first-order valence-electron chi connectivity index (χ1n) is 8.45. The van der Waals surface area contributed by atoms with Crippen LogP contribution in [0.1, 0.15) is 59.3 Å². The van der Waals surface area contributed by atoms with Crippen LogP contribution in [0.4, 0.5) is 0 Å². The monoisotopic (exact) mass is 313 g/mol. The lowest BCUT2D eigenvalue weighted by Gasteiger charge is -2.33. The Morgan fingerprint density at radius 2 is 2.04 bits per heavy atom. The number of amides is 1. The second kappa shape index (κ2) is 5.51. The van der Waals surface area contributed by atoms with Crippen LogP contribution in [0.2, 0.25) is 0 Å². The van der Waals surface area contributed by atoms with E-state index in [0.29, 0.717) is 5.92 Å². The van der Waals surface area contributed by atoms with Crippen molar-refractivity contribution in [2.45, 2.75) is 44.6 Å². The van der Waals surface area contributed by atoms with Gasteiger partial charge in [0.15, 0.2) is 0 Å². The van der Waals surface area contributed by atoms with Crippen LogP contribution in [0.25, 0.3) is 0 Å². The number of rotatable bonds is 3. The summed E-state index contributed by atoms with van der Waals surface area (Å²) in [6.45, 7) is 3.61. The summed E-state index contributed by atoms with van der Waals surface area (Å²) in [6.07, 6.45) is 10.1. The van der Waals surface area contributed by atoms with Crippen LogP contribution in [-0.4, -0.2) is 43.5 Å². The molecule has 6 nitrogen and oxygen atoms in total. The molecule has 2 aliphatic rings. The van der Waals surface area contributed by atoms with E-state index < -0.39 is 0 Å². The zero-order valence-corrected chi connectivity index (χ0v) is 13.8. The third-order valence-electron chi connectivity index (χ3n) is 4.97. The minimum atomic E-state index is 0.133. The Morgan fingerprint density at radius 3 is 2.74 bits per heavy atom. The van der Waals surface area contributed by atoms with E-state index in [0.717, 1.165) is 42.8 Å². The summed E-state index contributed by atoms with van der Waals surface area (Å²) < 4.78 is 3.89. The maximum atomic E-state index is 13.0. The van der Waals surface area contributed by atoms with Gasteiger partial charge in [-0.25, -0.2) is 0 Å². The third kappa shape index (κ3) is 2.66. The molecule has 23 heavy (non-hydrogen) atoms. The number of hydrogen-bond acceptors (Lipinski definition) is 3. The molecule has 4 rings (SSSR count). The maximum absolute atomic E-state index is 13.0. The number of hydrogen-bond donors (Lipinski definition) is 0. The van der Waals surface area contributed by atoms with Gasteiger partial charge in [-0.3, -0.25) is 14.2 Å². The molecule has 0 bridgehead atoms. The molecule has 2 fully saturated rings. The number of carbonyl (C=O) groups excluding carboxylic acids is 1. The largest absolute Gasteiger partial charge is 0.336 e. The Hall–Kier alpha value is -2.11. The number of likely N-dealkylation sites (tertiary alicyclic amines) is 1. The minimum absolute atomic E-state index is 0.133. The smallest absolute Gasteiger partial charge is 0.257 e. The predicted octanol–water partition coefficient (Wildman–Crippen LogP) is 2.28. The van der Waals surface area contributed by atoms with E-state index in [1.165, 1.54) is 12.8 Å². The van der Waals surface area contributed by atoms with Gasteiger partial charge in [-0.2, -0.15) is 10.2 Å². The molecular formula is C17H23N5O. The van der Waals surface area contributed by atoms with E-state index >= 15 is 0 Å². The summed E-state index contributed by atoms with van der Waals surface area (Å²) in [5.41, 5.74) is 3.08. The van der Waals surface area contributed by atoms with Gasteiger partial charge in [-0.15, -0.1) is 0 Å². The average Bonchev–Trinajstić information content (AvgIpc) is 3.18. The third-order valence-corrected chi connectivity index (χ3v) is 4.97. The highest BCUT2D eigenvalue weighted by Crippen LogP contribution is 2.41. The molecule has 1 aliphatic heterocycles. The highest BCUT2D eigenvalue weighted by atomic mass is 16.2. The summed E-state index contributed by atoms with van der Waals surface area (Å²) in [7, 11) is 1.94. The van der Waals surface area contributed by atoms with Crippen molar-refractivity contribution < 1.29 is 4.79 Å². The van der Waals surface area contributed by atoms with E-state index in [9.17, 15) is 4.79 Å². The Morgan fingerprint density at radius 1 is 1.22 bits per heavy atom. The van der Waals surface area contributed by atoms with Gasteiger partial charge in [0.1, 0.15) is 0 Å². The molecule has 1 saturated heterocycles. The number of nitrogens with zero attached hydrogens (tertiary/aromatic N) is 5. The minimum Gasteiger partial charge on any atom is -0.336 e. The molecule has 2 aromatic rings. The molecule has 122 valence electrons. The molecule has 1 aliphatic carbocycles. The van der Waals surface area contributed by atoms with Crippen LogP contribution in [0.15, 0.2) is 18.6 Å². The fourth-order valence-electron chi connectivity index (χ4n) is 3.61. The van der Waals surface area contributed by atoms with Crippen molar-refractivity contribution in [1.29, 1.82) is 0 Å². The molecule has 0 spiro atoms. The zero-order chi connectivity index (χ0) is 16.0. The van der Waals surface area contributed by atoms with Crippen molar-refractivity contribution in [1.82, 2.24) is 24.5 Å². The average molecular weight is 313 g/mol. The van der Waals surface area contributed by atoms with Crippen molar-refractivity contribution in [2.75, 3.05) is 13.1 Å². The van der Waals surface area contributed by atoms with Gasteiger partial charge in [0.05, 0.1) is 29.7 Å². The normalized spacial score (nSPS) is 21.7. The maximum Gasteiger partial charge on any atom is 0.257 e. The number of aryl methyl sites for hydroxylation is 2. The van der Waals surface area contributed by atoms with Gasteiger partial charge in [-0.1, -0.05) is 0 Å². The fraction of sp³-hybridized carbons (Fsp3) is 0.588. The highest BCUT2D eigenvalue weighted by Gasteiger charge is 2.34. The molecule has 3 heterocycles. The van der Waals surface area contributed by atoms with Gasteiger partial charge in [-0.05, 0) is 38.2 Å². The molecule has 2 aromatic heterocycles. The first-order valence-corrected chi connectivity index (χ1v) is 8.45. The molecule has 1 amide bonds. The van der Waals surface area contributed by atoms with Gasteiger partial charge < -0.3 is 4.90 Å². The van der Waals surface area contributed by atoms with Crippen molar-refractivity contribution >= 4 is 5.91 Å². The zero-order valence-electron chi connectivity index (χ0n) is 13.8. The number of carbonyl (C=O) groups is 1. The first-order chi connectivity index (χ1) is 11.1. The molecule has 1 atom stereocenters. The molecular weight excluding hydrogens is 290 g/mol. The van der Waals surface area contributed by atoms with E-state index in [2.05, 4.69) is 16.4 Å². The summed E-state index contributed by atoms with van der Waals surface area (Å²) in [4.78, 5) is 15.0. The van der Waals surface area contributed by atoms with Crippen molar-refractivity contribution in [3.63, 3.8) is 0 Å². The van der Waals surface area contributed by atoms with Crippen LogP contribution in [0, 0.1) is 6.92 Å². The fourth-order valence-corrected chi connectivity index (χ4v) is 3.61. The molecule has 0 unspecified atom stereocenters. The number of piperidine rings is 1. The van der Waals surface area contributed by atoms with Crippen molar-refractivity contribution in [2.24, 2.45) is 7.05 Å². The summed E-state index contributed by atoms with van der Waals surface area (Å²) in [5.74, 6) is 0.657. The second-order valence-corrected chi connectivity index (χ2v) is 6.89. The lowest BCUT2D eigenvalue weighted by Crippen LogP contribution is -2.41. The Kier molecular flexibility index (Phi) is 3.47. The summed E-state index contributed by atoms with van der Waals surface area (Å²) >= 11 is 0. The second-order valence-electron chi connectivity index (χ2n) is 6.89.